The number of carbonyl (C=O) groups is 1. The van der Waals surface area contributed by atoms with Gasteiger partial charge in [0.1, 0.15) is 23.3 Å². The zero-order chi connectivity index (χ0) is 22.9. The van der Waals surface area contributed by atoms with Crippen LogP contribution in [0.15, 0.2) is 53.7 Å². The predicted octanol–water partition coefficient (Wildman–Crippen LogP) is 4.51. The summed E-state index contributed by atoms with van der Waals surface area (Å²) < 4.78 is 19.9. The third-order valence-corrected chi connectivity index (χ3v) is 5.83. The quantitative estimate of drug-likeness (QED) is 0.565. The Morgan fingerprint density at radius 3 is 2.88 bits per heavy atom. The normalized spacial score (nSPS) is 14.0. The van der Waals surface area contributed by atoms with Crippen LogP contribution >= 0.6 is 0 Å². The Morgan fingerprint density at radius 2 is 2.12 bits per heavy atom. The smallest absolute Gasteiger partial charge is 0.254 e. The third-order valence-electron chi connectivity index (χ3n) is 5.83. The summed E-state index contributed by atoms with van der Waals surface area (Å²) in [4.78, 5) is 23.3. The average Bonchev–Trinajstić information content (AvgIpc) is 3.49. The maximum atomic E-state index is 13.8. The molecule has 2 aromatic carbocycles. The lowest BCUT2D eigenvalue weighted by molar-refractivity contribution is 0.0784. The van der Waals surface area contributed by atoms with E-state index >= 15 is 0 Å². The van der Waals surface area contributed by atoms with E-state index in [1.54, 1.807) is 42.6 Å². The lowest BCUT2D eigenvalue weighted by Crippen LogP contribution is -2.27. The van der Waals surface area contributed by atoms with Gasteiger partial charge in [-0.15, -0.1) is 0 Å². The predicted molar refractivity (Wildman–Crippen MR) is 122 cm³/mol. The summed E-state index contributed by atoms with van der Waals surface area (Å²) in [6.45, 7) is 0.819. The second-order valence-electron chi connectivity index (χ2n) is 8.31. The SMILES string of the molecule is CN(Cc1cnc(C#N)c2c1CN=C2)C(=O)c1ccc(-c2cccc(F)c2)c(OC2CC2)c1. The standard InChI is InChI=1S/C26H21FN4O2/c1-31(15-18-12-30-24(11-28)23-14-29-13-22(18)23)26(32)17-5-8-21(16-3-2-4-19(27)9-16)25(10-17)33-20-6-7-20/h2-5,8-10,12,14,20H,6-7,13,15H2,1H3. The highest BCUT2D eigenvalue weighted by molar-refractivity contribution is 5.95. The van der Waals surface area contributed by atoms with Crippen molar-refractivity contribution in [2.24, 2.45) is 4.99 Å². The number of amides is 1. The lowest BCUT2D eigenvalue weighted by Gasteiger charge is -2.20. The Kier molecular flexibility index (Phi) is 5.35. The van der Waals surface area contributed by atoms with Crippen molar-refractivity contribution in [3.8, 4) is 22.9 Å². The summed E-state index contributed by atoms with van der Waals surface area (Å²) in [6, 6.07) is 13.7. The van der Waals surface area contributed by atoms with Gasteiger partial charge in [0.15, 0.2) is 0 Å². The third kappa shape index (κ3) is 4.20. The van der Waals surface area contributed by atoms with Crippen LogP contribution in [0.1, 0.15) is 45.6 Å². The second kappa shape index (κ2) is 8.47. The Hall–Kier alpha value is -4.05. The van der Waals surface area contributed by atoms with Gasteiger partial charge in [0, 0.05) is 42.7 Å². The molecule has 1 fully saturated rings. The molecule has 0 spiro atoms. The first-order chi connectivity index (χ1) is 16.0. The topological polar surface area (TPSA) is 78.6 Å². The van der Waals surface area contributed by atoms with Crippen LogP contribution in [-0.4, -0.2) is 35.2 Å². The number of halogens is 1. The molecule has 0 bridgehead atoms. The number of aliphatic imine (C=N–C) groups is 1. The largest absolute Gasteiger partial charge is 0.490 e. The molecule has 0 unspecified atom stereocenters. The van der Waals surface area contributed by atoms with Gasteiger partial charge in [-0.05, 0) is 59.9 Å². The number of hydrogen-bond donors (Lipinski definition) is 0. The summed E-state index contributed by atoms with van der Waals surface area (Å²) >= 11 is 0. The van der Waals surface area contributed by atoms with E-state index < -0.39 is 0 Å². The molecule has 7 heteroatoms. The van der Waals surface area contributed by atoms with Crippen LogP contribution in [-0.2, 0) is 13.1 Å². The van der Waals surface area contributed by atoms with Crippen LogP contribution in [0.2, 0.25) is 0 Å². The molecular formula is C26H21FN4O2. The number of benzene rings is 2. The Bertz CT molecular complexity index is 1320. The van der Waals surface area contributed by atoms with Gasteiger partial charge < -0.3 is 9.64 Å². The number of rotatable bonds is 6. The molecule has 0 atom stereocenters. The van der Waals surface area contributed by atoms with Crippen LogP contribution in [0, 0.1) is 17.1 Å². The van der Waals surface area contributed by atoms with Crippen molar-refractivity contribution in [1.82, 2.24) is 9.88 Å². The van der Waals surface area contributed by atoms with E-state index in [0.717, 1.165) is 35.1 Å². The minimum atomic E-state index is -0.322. The highest BCUT2D eigenvalue weighted by Crippen LogP contribution is 2.36. The van der Waals surface area contributed by atoms with Crippen molar-refractivity contribution < 1.29 is 13.9 Å². The maximum Gasteiger partial charge on any atom is 0.254 e. The summed E-state index contributed by atoms with van der Waals surface area (Å²) in [6.07, 6.45) is 5.38. The van der Waals surface area contributed by atoms with E-state index in [1.165, 1.54) is 12.1 Å². The van der Waals surface area contributed by atoms with Crippen LogP contribution in [0.5, 0.6) is 5.75 Å². The second-order valence-corrected chi connectivity index (χ2v) is 8.31. The molecule has 33 heavy (non-hydrogen) atoms. The molecule has 1 amide bonds. The fraction of sp³-hybridized carbons (Fsp3) is 0.231. The molecule has 2 heterocycles. The molecule has 1 aliphatic heterocycles. The number of aromatic nitrogens is 1. The highest BCUT2D eigenvalue weighted by atomic mass is 19.1. The van der Waals surface area contributed by atoms with Crippen molar-refractivity contribution in [2.45, 2.75) is 32.0 Å². The summed E-state index contributed by atoms with van der Waals surface area (Å²) in [5, 5.41) is 9.25. The molecule has 1 saturated carbocycles. The minimum Gasteiger partial charge on any atom is -0.490 e. The first kappa shape index (κ1) is 20.8. The molecule has 1 aliphatic carbocycles. The van der Waals surface area contributed by atoms with Crippen LogP contribution < -0.4 is 4.74 Å². The van der Waals surface area contributed by atoms with Crippen molar-refractivity contribution >= 4 is 12.1 Å². The summed E-state index contributed by atoms with van der Waals surface area (Å²) in [5.74, 6) is 0.0902. The van der Waals surface area contributed by atoms with Crippen LogP contribution in [0.3, 0.4) is 0 Å². The molecule has 3 aromatic rings. The Balaban J connectivity index is 1.42. The van der Waals surface area contributed by atoms with Crippen molar-refractivity contribution in [1.29, 1.82) is 5.26 Å². The first-order valence-corrected chi connectivity index (χ1v) is 10.8. The first-order valence-electron chi connectivity index (χ1n) is 10.8. The number of fused-ring (bicyclic) bond motifs is 1. The van der Waals surface area contributed by atoms with E-state index in [9.17, 15) is 14.4 Å². The monoisotopic (exact) mass is 440 g/mol. The molecular weight excluding hydrogens is 419 g/mol. The molecule has 164 valence electrons. The molecule has 0 radical (unpaired) electrons. The summed E-state index contributed by atoms with van der Waals surface area (Å²) in [7, 11) is 1.73. The van der Waals surface area contributed by atoms with Gasteiger partial charge in [0.05, 0.1) is 12.6 Å². The van der Waals surface area contributed by atoms with Gasteiger partial charge in [0.2, 0.25) is 0 Å². The molecule has 5 rings (SSSR count). The highest BCUT2D eigenvalue weighted by Gasteiger charge is 2.26. The number of pyridine rings is 1. The number of carbonyl (C=O) groups excluding carboxylic acids is 1. The van der Waals surface area contributed by atoms with E-state index in [-0.39, 0.29) is 17.8 Å². The Morgan fingerprint density at radius 1 is 1.27 bits per heavy atom. The van der Waals surface area contributed by atoms with E-state index in [1.807, 2.05) is 12.1 Å². The lowest BCUT2D eigenvalue weighted by atomic mass is 10.0. The zero-order valence-corrected chi connectivity index (χ0v) is 18.1. The van der Waals surface area contributed by atoms with Gasteiger partial charge in [-0.25, -0.2) is 9.37 Å². The van der Waals surface area contributed by atoms with E-state index in [0.29, 0.717) is 35.7 Å². The summed E-state index contributed by atoms with van der Waals surface area (Å²) in [5.41, 5.74) is 4.82. The van der Waals surface area contributed by atoms with E-state index in [4.69, 9.17) is 4.74 Å². The van der Waals surface area contributed by atoms with Crippen LogP contribution in [0.4, 0.5) is 4.39 Å². The fourth-order valence-electron chi connectivity index (χ4n) is 3.95. The minimum absolute atomic E-state index is 0.132. The number of hydrogen-bond acceptors (Lipinski definition) is 5. The molecule has 0 saturated heterocycles. The van der Waals surface area contributed by atoms with Gasteiger partial charge in [-0.2, -0.15) is 5.26 Å². The van der Waals surface area contributed by atoms with Crippen molar-refractivity contribution in [2.75, 3.05) is 7.05 Å². The maximum absolute atomic E-state index is 13.8. The molecule has 1 aromatic heterocycles. The Labute approximate surface area is 191 Å². The van der Waals surface area contributed by atoms with Gasteiger partial charge >= 0.3 is 0 Å². The number of nitrogens with zero attached hydrogens (tertiary/aromatic N) is 4. The van der Waals surface area contributed by atoms with Crippen molar-refractivity contribution in [3.05, 3.63) is 82.4 Å². The number of nitriles is 1. The van der Waals surface area contributed by atoms with Gasteiger partial charge in [0.25, 0.3) is 5.91 Å². The zero-order valence-electron chi connectivity index (χ0n) is 18.1. The number of ether oxygens (including phenoxy) is 1. The van der Waals surface area contributed by atoms with E-state index in [2.05, 4.69) is 16.0 Å². The molecule has 6 nitrogen and oxygen atoms in total. The van der Waals surface area contributed by atoms with Crippen LogP contribution in [0.25, 0.3) is 11.1 Å². The fourth-order valence-corrected chi connectivity index (χ4v) is 3.95. The van der Waals surface area contributed by atoms with Gasteiger partial charge in [-0.3, -0.25) is 9.79 Å². The van der Waals surface area contributed by atoms with Gasteiger partial charge in [-0.1, -0.05) is 12.1 Å². The molecule has 0 N–H and O–H groups in total. The van der Waals surface area contributed by atoms with Crippen molar-refractivity contribution in [3.63, 3.8) is 0 Å². The molecule has 2 aliphatic rings. The average molecular weight is 440 g/mol.